The van der Waals surface area contributed by atoms with Gasteiger partial charge in [0.1, 0.15) is 25.6 Å². The zero-order chi connectivity index (χ0) is 34.0. The molecular weight excluding hydrogens is 612 g/mol. The van der Waals surface area contributed by atoms with E-state index in [0.29, 0.717) is 31.6 Å². The van der Waals surface area contributed by atoms with Gasteiger partial charge in [-0.1, -0.05) is 84.9 Å². The number of nitrogens with one attached hydrogen (secondary N) is 2. The van der Waals surface area contributed by atoms with Gasteiger partial charge < -0.3 is 30.0 Å². The Morgan fingerprint density at radius 1 is 0.875 bits per heavy atom. The summed E-state index contributed by atoms with van der Waals surface area (Å²) in [5.41, 5.74) is 2.72. The molecule has 48 heavy (non-hydrogen) atoms. The standard InChI is InChI=1S/C38H44N2O8/c41-24-32(22-28-18-20-33(21-19-28)46-25-29-12-6-4-7-13-29)39-35(42)23-31-16-10-2-1-3-11-17-36(43)47-27-34(40-37(31)44)38(45)48-26-30-14-8-5-9-15-30/h2,4-10,12-15,18-21,31-32,34,41H,1,3,11,16-17,22-27H2,(H,39,42)(H,40,44)/t31-,32+,34-/m1/s1. The average Bonchev–Trinajstić information content (AvgIpc) is 3.11. The first kappa shape index (κ1) is 35.9. The third-order valence-electron chi connectivity index (χ3n) is 7.87. The summed E-state index contributed by atoms with van der Waals surface area (Å²) >= 11 is 0. The lowest BCUT2D eigenvalue weighted by Crippen LogP contribution is -2.48. The fourth-order valence-electron chi connectivity index (χ4n) is 5.15. The van der Waals surface area contributed by atoms with E-state index in [9.17, 15) is 24.3 Å². The van der Waals surface area contributed by atoms with E-state index in [1.54, 1.807) is 12.1 Å². The molecule has 2 amide bonds. The van der Waals surface area contributed by atoms with Crippen LogP contribution in [0.5, 0.6) is 5.75 Å². The molecule has 0 unspecified atom stereocenters. The second kappa shape index (κ2) is 19.6. The van der Waals surface area contributed by atoms with Crippen LogP contribution in [0.1, 0.15) is 55.2 Å². The molecule has 4 rings (SSSR count). The van der Waals surface area contributed by atoms with E-state index in [2.05, 4.69) is 10.6 Å². The molecule has 0 aliphatic carbocycles. The quantitative estimate of drug-likeness (QED) is 0.190. The Morgan fingerprint density at radius 2 is 1.56 bits per heavy atom. The second-order valence-corrected chi connectivity index (χ2v) is 11.8. The molecule has 0 saturated carbocycles. The van der Waals surface area contributed by atoms with Gasteiger partial charge in [-0.05, 0) is 60.9 Å². The van der Waals surface area contributed by atoms with Crippen LogP contribution in [0.15, 0.2) is 97.1 Å². The van der Waals surface area contributed by atoms with Gasteiger partial charge in [-0.2, -0.15) is 0 Å². The lowest BCUT2D eigenvalue weighted by atomic mass is 9.97. The molecule has 254 valence electrons. The Labute approximate surface area is 281 Å². The van der Waals surface area contributed by atoms with E-state index in [1.807, 2.05) is 84.9 Å². The van der Waals surface area contributed by atoms with Crippen LogP contribution in [0.3, 0.4) is 0 Å². The predicted molar refractivity (Wildman–Crippen MR) is 179 cm³/mol. The minimum atomic E-state index is -1.24. The van der Waals surface area contributed by atoms with Crippen molar-refractivity contribution in [2.75, 3.05) is 13.2 Å². The van der Waals surface area contributed by atoms with Gasteiger partial charge in [-0.3, -0.25) is 14.4 Å². The van der Waals surface area contributed by atoms with E-state index < -0.39 is 41.8 Å². The van der Waals surface area contributed by atoms with Crippen molar-refractivity contribution in [3.8, 4) is 5.75 Å². The SMILES string of the molecule is O=C(C[C@H]1CC=CCCCCC(=O)OC[C@H](C(=O)OCc2ccccc2)NC1=O)N[C@H](CO)Cc1ccc(OCc2ccccc2)cc1. The van der Waals surface area contributed by atoms with Crippen LogP contribution in [-0.4, -0.2) is 54.2 Å². The van der Waals surface area contributed by atoms with Gasteiger partial charge in [-0.25, -0.2) is 4.79 Å². The maximum atomic E-state index is 13.5. The molecule has 10 nitrogen and oxygen atoms in total. The van der Waals surface area contributed by atoms with Gasteiger partial charge in [0, 0.05) is 12.8 Å². The number of amides is 2. The molecule has 1 heterocycles. The van der Waals surface area contributed by atoms with Crippen LogP contribution in [0.25, 0.3) is 0 Å². The van der Waals surface area contributed by atoms with Gasteiger partial charge >= 0.3 is 11.9 Å². The third-order valence-corrected chi connectivity index (χ3v) is 7.87. The molecule has 1 aliphatic heterocycles. The van der Waals surface area contributed by atoms with Gasteiger partial charge in [0.05, 0.1) is 18.6 Å². The molecule has 1 aliphatic rings. The van der Waals surface area contributed by atoms with Crippen LogP contribution in [-0.2, 0) is 48.3 Å². The lowest BCUT2D eigenvalue weighted by Gasteiger charge is -2.22. The molecule has 0 spiro atoms. The number of allylic oxidation sites excluding steroid dienone is 2. The highest BCUT2D eigenvalue weighted by Crippen LogP contribution is 2.17. The van der Waals surface area contributed by atoms with Crippen molar-refractivity contribution in [3.63, 3.8) is 0 Å². The molecule has 0 fully saturated rings. The summed E-state index contributed by atoms with van der Waals surface area (Å²) in [4.78, 5) is 51.9. The number of carbonyl (C=O) groups is 4. The van der Waals surface area contributed by atoms with E-state index in [0.717, 1.165) is 23.1 Å². The Balaban J connectivity index is 1.35. The van der Waals surface area contributed by atoms with E-state index >= 15 is 0 Å². The number of rotatable bonds is 12. The molecule has 0 radical (unpaired) electrons. The van der Waals surface area contributed by atoms with E-state index in [-0.39, 0.29) is 39.1 Å². The van der Waals surface area contributed by atoms with Crippen LogP contribution in [0, 0.1) is 5.92 Å². The van der Waals surface area contributed by atoms with Gasteiger partial charge in [0.2, 0.25) is 11.8 Å². The molecule has 0 saturated heterocycles. The Hall–Kier alpha value is -4.96. The summed E-state index contributed by atoms with van der Waals surface area (Å²) in [6.45, 7) is -0.244. The summed E-state index contributed by atoms with van der Waals surface area (Å²) in [6.07, 6.45) is 6.52. The zero-order valence-electron chi connectivity index (χ0n) is 27.1. The number of aliphatic hydroxyl groups is 1. The number of hydrogen-bond donors (Lipinski definition) is 3. The number of ether oxygens (including phenoxy) is 3. The van der Waals surface area contributed by atoms with E-state index in [4.69, 9.17) is 14.2 Å². The summed E-state index contributed by atoms with van der Waals surface area (Å²) in [7, 11) is 0. The van der Waals surface area contributed by atoms with E-state index in [1.165, 1.54) is 0 Å². The Morgan fingerprint density at radius 3 is 2.25 bits per heavy atom. The molecular formula is C38H44N2O8. The maximum absolute atomic E-state index is 13.5. The van der Waals surface area contributed by atoms with Gasteiger partial charge in [0.15, 0.2) is 6.04 Å². The Kier molecular flexibility index (Phi) is 14.7. The molecule has 0 bridgehead atoms. The fraction of sp³-hybridized carbons (Fsp3) is 0.368. The first-order chi connectivity index (χ1) is 23.4. The largest absolute Gasteiger partial charge is 0.489 e. The highest BCUT2D eigenvalue weighted by Gasteiger charge is 2.29. The summed E-state index contributed by atoms with van der Waals surface area (Å²) in [6, 6.07) is 24.6. The van der Waals surface area contributed by atoms with Crippen molar-refractivity contribution in [2.45, 2.75) is 70.2 Å². The molecule has 10 heteroatoms. The minimum Gasteiger partial charge on any atom is -0.489 e. The van der Waals surface area contributed by atoms with Crippen molar-refractivity contribution < 1.29 is 38.5 Å². The van der Waals surface area contributed by atoms with Crippen molar-refractivity contribution in [3.05, 3.63) is 114 Å². The van der Waals surface area contributed by atoms with Crippen molar-refractivity contribution in [1.29, 1.82) is 0 Å². The highest BCUT2D eigenvalue weighted by atomic mass is 16.6. The van der Waals surface area contributed by atoms with Crippen molar-refractivity contribution >= 4 is 23.8 Å². The number of cyclic esters (lactones) is 1. The monoisotopic (exact) mass is 656 g/mol. The van der Waals surface area contributed by atoms with Crippen LogP contribution >= 0.6 is 0 Å². The number of hydrogen-bond acceptors (Lipinski definition) is 8. The lowest BCUT2D eigenvalue weighted by molar-refractivity contribution is -0.155. The smallest absolute Gasteiger partial charge is 0.332 e. The number of esters is 2. The third kappa shape index (κ3) is 12.7. The molecule has 3 atom stereocenters. The normalized spacial score (nSPS) is 18.0. The first-order valence-electron chi connectivity index (χ1n) is 16.4. The first-order valence-corrected chi connectivity index (χ1v) is 16.4. The van der Waals surface area contributed by atoms with Crippen molar-refractivity contribution in [1.82, 2.24) is 10.6 Å². The van der Waals surface area contributed by atoms with Crippen LogP contribution < -0.4 is 15.4 Å². The van der Waals surface area contributed by atoms with Gasteiger partial charge in [-0.15, -0.1) is 0 Å². The number of benzene rings is 3. The van der Waals surface area contributed by atoms with Gasteiger partial charge in [0.25, 0.3) is 0 Å². The average molecular weight is 657 g/mol. The predicted octanol–water partition coefficient (Wildman–Crippen LogP) is 4.58. The molecule has 3 aromatic carbocycles. The molecule has 0 aromatic heterocycles. The zero-order valence-corrected chi connectivity index (χ0v) is 27.1. The Bertz CT molecular complexity index is 1480. The second-order valence-electron chi connectivity index (χ2n) is 11.8. The summed E-state index contributed by atoms with van der Waals surface area (Å²) < 4.78 is 16.6. The summed E-state index contributed by atoms with van der Waals surface area (Å²) in [5.74, 6) is -2.28. The topological polar surface area (TPSA) is 140 Å². The minimum absolute atomic E-state index is 0.0133. The maximum Gasteiger partial charge on any atom is 0.332 e. The number of carbonyl (C=O) groups excluding carboxylic acids is 4. The van der Waals surface area contributed by atoms with Crippen LogP contribution in [0.4, 0.5) is 0 Å². The number of aliphatic hydroxyl groups excluding tert-OH is 1. The van der Waals surface area contributed by atoms with Crippen molar-refractivity contribution in [2.24, 2.45) is 5.92 Å². The fourth-order valence-corrected chi connectivity index (χ4v) is 5.15. The highest BCUT2D eigenvalue weighted by molar-refractivity contribution is 5.89. The molecule has 3 aromatic rings. The molecule has 3 N–H and O–H groups in total. The summed E-state index contributed by atoms with van der Waals surface area (Å²) in [5, 5.41) is 15.5. The van der Waals surface area contributed by atoms with Crippen LogP contribution in [0.2, 0.25) is 0 Å².